The molecule has 78 valence electrons. The molecule has 1 nitrogen and oxygen atoms in total. The molecule has 0 spiro atoms. The molecule has 0 fully saturated rings. The summed E-state index contributed by atoms with van der Waals surface area (Å²) in [6, 6.07) is 11.2. The summed E-state index contributed by atoms with van der Waals surface area (Å²) < 4.78 is 0. The summed E-state index contributed by atoms with van der Waals surface area (Å²) in [5.41, 5.74) is 1.43. The van der Waals surface area contributed by atoms with E-state index >= 15 is 0 Å². The van der Waals surface area contributed by atoms with Crippen LogP contribution in [0.25, 0.3) is 0 Å². The highest BCUT2D eigenvalue weighted by Gasteiger charge is 1.97. The lowest BCUT2D eigenvalue weighted by molar-refractivity contribution is 0.578. The molecule has 0 saturated heterocycles. The molecule has 0 amide bonds. The number of benzene rings is 1. The second-order valence-corrected chi connectivity index (χ2v) is 4.25. The van der Waals surface area contributed by atoms with E-state index in [9.17, 15) is 0 Å². The lowest BCUT2D eigenvalue weighted by Crippen LogP contribution is -2.28. The zero-order valence-corrected chi connectivity index (χ0v) is 10.3. The van der Waals surface area contributed by atoms with Crippen LogP contribution in [-0.2, 0) is 6.42 Å². The van der Waals surface area contributed by atoms with E-state index in [1.54, 1.807) is 0 Å². The van der Waals surface area contributed by atoms with Crippen molar-refractivity contribution >= 4 is 15.9 Å². The molecule has 2 heteroatoms. The van der Waals surface area contributed by atoms with Gasteiger partial charge in [-0.2, -0.15) is 0 Å². The first-order valence-corrected chi connectivity index (χ1v) is 6.28. The van der Waals surface area contributed by atoms with Gasteiger partial charge >= 0.3 is 0 Å². The van der Waals surface area contributed by atoms with E-state index in [0.29, 0.717) is 6.04 Å². The Kier molecular flexibility index (Phi) is 5.88. The number of hydrogen-bond acceptors (Lipinski definition) is 1. The van der Waals surface area contributed by atoms with Crippen LogP contribution in [0.3, 0.4) is 0 Å². The SMILES string of the molecule is CC(CBr)NCCCc1ccccc1. The molecule has 0 aromatic heterocycles. The monoisotopic (exact) mass is 255 g/mol. The Morgan fingerprint density at radius 1 is 1.29 bits per heavy atom. The minimum Gasteiger partial charge on any atom is -0.313 e. The van der Waals surface area contributed by atoms with Gasteiger partial charge in [0.15, 0.2) is 0 Å². The van der Waals surface area contributed by atoms with Crippen molar-refractivity contribution in [1.29, 1.82) is 0 Å². The average Bonchev–Trinajstić information content (AvgIpc) is 2.25. The highest BCUT2D eigenvalue weighted by atomic mass is 79.9. The molecular formula is C12H18BrN. The number of halogens is 1. The van der Waals surface area contributed by atoms with E-state index in [2.05, 4.69) is 58.5 Å². The lowest BCUT2D eigenvalue weighted by Gasteiger charge is -2.09. The Bertz CT molecular complexity index is 235. The van der Waals surface area contributed by atoms with Crippen LogP contribution < -0.4 is 5.32 Å². The van der Waals surface area contributed by atoms with Gasteiger partial charge in [-0.15, -0.1) is 0 Å². The minimum absolute atomic E-state index is 0.575. The summed E-state index contributed by atoms with van der Waals surface area (Å²) in [6.07, 6.45) is 2.38. The summed E-state index contributed by atoms with van der Waals surface area (Å²) in [4.78, 5) is 0. The van der Waals surface area contributed by atoms with Crippen molar-refractivity contribution in [2.75, 3.05) is 11.9 Å². The lowest BCUT2D eigenvalue weighted by atomic mass is 10.1. The maximum atomic E-state index is 3.46. The van der Waals surface area contributed by atoms with E-state index in [0.717, 1.165) is 11.9 Å². The molecule has 0 bridgehead atoms. The second-order valence-electron chi connectivity index (χ2n) is 3.60. The summed E-state index contributed by atoms with van der Waals surface area (Å²) in [6.45, 7) is 3.29. The quantitative estimate of drug-likeness (QED) is 0.609. The highest BCUT2D eigenvalue weighted by molar-refractivity contribution is 9.09. The summed E-state index contributed by atoms with van der Waals surface area (Å²) in [7, 11) is 0. The molecule has 1 rings (SSSR count). The van der Waals surface area contributed by atoms with Crippen LogP contribution >= 0.6 is 15.9 Å². The summed E-state index contributed by atoms with van der Waals surface area (Å²) in [5.74, 6) is 0. The first kappa shape index (κ1) is 11.7. The molecule has 1 atom stereocenters. The van der Waals surface area contributed by atoms with Crippen molar-refractivity contribution in [3.8, 4) is 0 Å². The number of rotatable bonds is 6. The first-order chi connectivity index (χ1) is 6.83. The predicted molar refractivity (Wildman–Crippen MR) is 66.0 cm³/mol. The highest BCUT2D eigenvalue weighted by Crippen LogP contribution is 2.01. The molecule has 1 unspecified atom stereocenters. The maximum Gasteiger partial charge on any atom is 0.0183 e. The van der Waals surface area contributed by atoms with Gasteiger partial charge in [0, 0.05) is 11.4 Å². The molecule has 1 aromatic rings. The van der Waals surface area contributed by atoms with E-state index in [1.807, 2.05) is 0 Å². The molecule has 0 radical (unpaired) electrons. The molecule has 0 aliphatic carbocycles. The molecular weight excluding hydrogens is 238 g/mol. The molecule has 0 aliphatic rings. The molecule has 0 aliphatic heterocycles. The fraction of sp³-hybridized carbons (Fsp3) is 0.500. The molecule has 0 saturated carbocycles. The fourth-order valence-electron chi connectivity index (χ4n) is 1.34. The molecule has 14 heavy (non-hydrogen) atoms. The molecule has 1 N–H and O–H groups in total. The third-order valence-electron chi connectivity index (χ3n) is 2.21. The summed E-state index contributed by atoms with van der Waals surface area (Å²) >= 11 is 3.45. The van der Waals surface area contributed by atoms with Gasteiger partial charge in [0.25, 0.3) is 0 Å². The third-order valence-corrected chi connectivity index (χ3v) is 3.18. The van der Waals surface area contributed by atoms with Gasteiger partial charge < -0.3 is 5.32 Å². The Balaban J connectivity index is 2.10. The Morgan fingerprint density at radius 3 is 2.64 bits per heavy atom. The van der Waals surface area contributed by atoms with Crippen LogP contribution in [0.2, 0.25) is 0 Å². The van der Waals surface area contributed by atoms with Crippen LogP contribution in [0, 0.1) is 0 Å². The fourth-order valence-corrected chi connectivity index (χ4v) is 1.57. The second kappa shape index (κ2) is 7.02. The Morgan fingerprint density at radius 2 is 2.00 bits per heavy atom. The van der Waals surface area contributed by atoms with Crippen molar-refractivity contribution in [3.63, 3.8) is 0 Å². The standard InChI is InChI=1S/C12H18BrN/c1-11(10-13)14-9-5-8-12-6-3-2-4-7-12/h2-4,6-7,11,14H,5,8-10H2,1H3. The van der Waals surface area contributed by atoms with E-state index in [-0.39, 0.29) is 0 Å². The predicted octanol–water partition coefficient (Wildman–Crippen LogP) is 2.99. The third kappa shape index (κ3) is 4.77. The zero-order valence-electron chi connectivity index (χ0n) is 8.67. The van der Waals surface area contributed by atoms with Gasteiger partial charge in [-0.1, -0.05) is 46.3 Å². The van der Waals surface area contributed by atoms with Gasteiger partial charge in [0.2, 0.25) is 0 Å². The minimum atomic E-state index is 0.575. The van der Waals surface area contributed by atoms with Crippen molar-refractivity contribution in [2.45, 2.75) is 25.8 Å². The topological polar surface area (TPSA) is 12.0 Å². The van der Waals surface area contributed by atoms with Crippen LogP contribution in [-0.4, -0.2) is 17.9 Å². The largest absolute Gasteiger partial charge is 0.313 e. The van der Waals surface area contributed by atoms with E-state index < -0.39 is 0 Å². The van der Waals surface area contributed by atoms with Crippen LogP contribution in [0.15, 0.2) is 30.3 Å². The number of aryl methyl sites for hydroxylation is 1. The van der Waals surface area contributed by atoms with Crippen LogP contribution in [0.1, 0.15) is 18.9 Å². The van der Waals surface area contributed by atoms with Gasteiger partial charge in [0.05, 0.1) is 0 Å². The van der Waals surface area contributed by atoms with Gasteiger partial charge in [-0.05, 0) is 31.9 Å². The number of nitrogens with one attached hydrogen (secondary N) is 1. The molecule has 0 heterocycles. The smallest absolute Gasteiger partial charge is 0.0183 e. The zero-order chi connectivity index (χ0) is 10.2. The van der Waals surface area contributed by atoms with Crippen molar-refractivity contribution in [1.82, 2.24) is 5.32 Å². The van der Waals surface area contributed by atoms with Gasteiger partial charge in [0.1, 0.15) is 0 Å². The maximum absolute atomic E-state index is 3.46. The number of alkyl halides is 1. The summed E-state index contributed by atoms with van der Waals surface area (Å²) in [5, 5.41) is 4.48. The van der Waals surface area contributed by atoms with Gasteiger partial charge in [-0.3, -0.25) is 0 Å². The van der Waals surface area contributed by atoms with Crippen LogP contribution in [0.5, 0.6) is 0 Å². The molecule has 1 aromatic carbocycles. The van der Waals surface area contributed by atoms with E-state index in [4.69, 9.17) is 0 Å². The van der Waals surface area contributed by atoms with Crippen molar-refractivity contribution in [3.05, 3.63) is 35.9 Å². The van der Waals surface area contributed by atoms with Crippen molar-refractivity contribution in [2.24, 2.45) is 0 Å². The Labute approximate surface area is 95.0 Å². The average molecular weight is 256 g/mol. The van der Waals surface area contributed by atoms with Crippen LogP contribution in [0.4, 0.5) is 0 Å². The normalized spacial score (nSPS) is 12.7. The Hall–Kier alpha value is -0.340. The van der Waals surface area contributed by atoms with Gasteiger partial charge in [-0.25, -0.2) is 0 Å². The van der Waals surface area contributed by atoms with E-state index in [1.165, 1.54) is 18.4 Å². The number of hydrogen-bond donors (Lipinski definition) is 1. The van der Waals surface area contributed by atoms with Crippen molar-refractivity contribution < 1.29 is 0 Å². The first-order valence-electron chi connectivity index (χ1n) is 5.16.